The monoisotopic (exact) mass is 140 g/mol. The molecule has 0 aromatic heterocycles. The van der Waals surface area contributed by atoms with E-state index in [2.05, 4.69) is 18.9 Å². The van der Waals surface area contributed by atoms with E-state index in [1.807, 2.05) is 0 Å². The fourth-order valence-corrected chi connectivity index (χ4v) is 0. The van der Waals surface area contributed by atoms with Gasteiger partial charge in [0.25, 0.3) is 0 Å². The summed E-state index contributed by atoms with van der Waals surface area (Å²) in [5, 5.41) is 0. The first-order valence-corrected chi connectivity index (χ1v) is 1.71. The number of halogens is 4. The van der Waals surface area contributed by atoms with Gasteiger partial charge in [-0.15, -0.1) is 5.73 Å². The lowest BCUT2D eigenvalue weighted by molar-refractivity contribution is 0.308. The van der Waals surface area contributed by atoms with E-state index in [9.17, 15) is 17.6 Å². The van der Waals surface area contributed by atoms with Crippen LogP contribution in [0, 0.1) is 0 Å². The molecule has 0 amide bonds. The van der Waals surface area contributed by atoms with Crippen LogP contribution in [0.5, 0.6) is 0 Å². The number of rotatable bonds is 0. The van der Waals surface area contributed by atoms with Gasteiger partial charge in [0.05, 0.1) is 0 Å². The minimum atomic E-state index is -2.91. The molecule has 0 aromatic carbocycles. The predicted molar refractivity (Wildman–Crippen MR) is 26.2 cm³/mol. The highest BCUT2D eigenvalue weighted by atomic mass is 19.3. The van der Waals surface area contributed by atoms with E-state index in [1.54, 1.807) is 0 Å². The topological polar surface area (TPSA) is 0 Å². The Hall–Kier alpha value is -1.02. The first-order valence-electron chi connectivity index (χ1n) is 1.71. The Morgan fingerprint density at radius 3 is 1.00 bits per heavy atom. The van der Waals surface area contributed by atoms with Gasteiger partial charge in [-0.2, -0.15) is 17.6 Å². The summed E-state index contributed by atoms with van der Waals surface area (Å²) in [6, 6.07) is 0. The molecule has 0 unspecified atom stereocenters. The van der Waals surface area contributed by atoms with E-state index in [1.165, 1.54) is 0 Å². The molecule has 52 valence electrons. The summed E-state index contributed by atoms with van der Waals surface area (Å²) in [4.78, 5) is 0. The smallest absolute Gasteiger partial charge is 0.167 e. The lowest BCUT2D eigenvalue weighted by Crippen LogP contribution is -1.56. The van der Waals surface area contributed by atoms with Crippen molar-refractivity contribution in [3.63, 3.8) is 0 Å². The first-order chi connectivity index (χ1) is 4.06. The number of hydrogen-bond donors (Lipinski definition) is 0. The zero-order valence-corrected chi connectivity index (χ0v) is 4.43. The van der Waals surface area contributed by atoms with Gasteiger partial charge >= 0.3 is 12.2 Å². The maximum Gasteiger partial charge on any atom is 0.334 e. The zero-order valence-electron chi connectivity index (χ0n) is 4.43. The molecular formula is C5H4F4. The highest BCUT2D eigenvalue weighted by molar-refractivity contribution is 4.77. The lowest BCUT2D eigenvalue weighted by atomic mass is 11.0. The largest absolute Gasteiger partial charge is 0.334 e. The first kappa shape index (κ1) is 10.9. The summed E-state index contributed by atoms with van der Waals surface area (Å²) in [5.41, 5.74) is 2.25. The van der Waals surface area contributed by atoms with Crippen LogP contribution in [0.3, 0.4) is 0 Å². The van der Waals surface area contributed by atoms with Gasteiger partial charge < -0.3 is 0 Å². The van der Waals surface area contributed by atoms with Crippen molar-refractivity contribution in [1.29, 1.82) is 0 Å². The van der Waals surface area contributed by atoms with Crippen molar-refractivity contribution in [1.82, 2.24) is 0 Å². The molecule has 0 N–H and O–H groups in total. The molecular weight excluding hydrogens is 136 g/mol. The van der Waals surface area contributed by atoms with Gasteiger partial charge in [0.2, 0.25) is 0 Å². The van der Waals surface area contributed by atoms with Crippen LogP contribution in [0.2, 0.25) is 0 Å². The normalized spacial score (nSPS) is 6.22. The molecule has 0 aliphatic carbocycles. The quantitative estimate of drug-likeness (QED) is 0.358. The summed E-state index contributed by atoms with van der Waals surface area (Å²) >= 11 is 0. The second-order valence-electron chi connectivity index (χ2n) is 0.771. The fraction of sp³-hybridized carbons (Fsp3) is 0. The maximum atomic E-state index is 10.3. The van der Waals surface area contributed by atoms with Crippen LogP contribution in [0.4, 0.5) is 17.6 Å². The van der Waals surface area contributed by atoms with Gasteiger partial charge in [0.15, 0.2) is 0 Å². The third kappa shape index (κ3) is 19.5. The van der Waals surface area contributed by atoms with Gasteiger partial charge in [-0.3, -0.25) is 0 Å². The Balaban J connectivity index is 0. The molecule has 0 aliphatic heterocycles. The highest BCUT2D eigenvalue weighted by Gasteiger charge is 1.98. The van der Waals surface area contributed by atoms with Gasteiger partial charge in [-0.1, -0.05) is 13.2 Å². The van der Waals surface area contributed by atoms with E-state index in [0.717, 1.165) is 0 Å². The van der Waals surface area contributed by atoms with E-state index in [4.69, 9.17) is 0 Å². The van der Waals surface area contributed by atoms with Crippen molar-refractivity contribution in [2.45, 2.75) is 0 Å². The molecule has 0 radical (unpaired) electrons. The van der Waals surface area contributed by atoms with E-state index < -0.39 is 12.2 Å². The van der Waals surface area contributed by atoms with Crippen LogP contribution in [-0.2, 0) is 0 Å². The Morgan fingerprint density at radius 2 is 1.00 bits per heavy atom. The molecule has 0 heterocycles. The van der Waals surface area contributed by atoms with Crippen molar-refractivity contribution in [3.05, 3.63) is 31.1 Å². The predicted octanol–water partition coefficient (Wildman–Crippen LogP) is 2.95. The van der Waals surface area contributed by atoms with Crippen LogP contribution in [0.15, 0.2) is 31.1 Å². The molecule has 9 heavy (non-hydrogen) atoms. The van der Waals surface area contributed by atoms with Crippen molar-refractivity contribution < 1.29 is 17.6 Å². The van der Waals surface area contributed by atoms with Gasteiger partial charge in [-0.05, 0) is 0 Å². The Morgan fingerprint density at radius 1 is 0.889 bits per heavy atom. The van der Waals surface area contributed by atoms with Crippen molar-refractivity contribution in [3.8, 4) is 0 Å². The van der Waals surface area contributed by atoms with Crippen LogP contribution in [-0.4, -0.2) is 0 Å². The SMILES string of the molecule is C=C=C.FC(F)=C(F)F. The summed E-state index contributed by atoms with van der Waals surface area (Å²) in [6.07, 6.45) is -5.81. The van der Waals surface area contributed by atoms with Crippen molar-refractivity contribution in [2.24, 2.45) is 0 Å². The van der Waals surface area contributed by atoms with Crippen LogP contribution >= 0.6 is 0 Å². The van der Waals surface area contributed by atoms with Crippen LogP contribution in [0.25, 0.3) is 0 Å². The van der Waals surface area contributed by atoms with Crippen LogP contribution in [0.1, 0.15) is 0 Å². The second-order valence-corrected chi connectivity index (χ2v) is 0.771. The Labute approximate surface area is 49.8 Å². The standard InChI is InChI=1S/C3H4.C2F4/c1-3-2;3-1(4)2(5)6/h1-2H2;. The average molecular weight is 140 g/mol. The van der Waals surface area contributed by atoms with Crippen LogP contribution < -0.4 is 0 Å². The van der Waals surface area contributed by atoms with E-state index >= 15 is 0 Å². The molecule has 0 fully saturated rings. The van der Waals surface area contributed by atoms with Gasteiger partial charge in [0.1, 0.15) is 0 Å². The molecule has 0 saturated heterocycles. The third-order valence-electron chi connectivity index (χ3n) is 0.143. The molecule has 0 rings (SSSR count). The molecule has 0 nitrogen and oxygen atoms in total. The fourth-order valence-electron chi connectivity index (χ4n) is 0. The molecule has 0 bridgehead atoms. The highest BCUT2D eigenvalue weighted by Crippen LogP contribution is 2.08. The maximum absolute atomic E-state index is 10.3. The molecule has 0 atom stereocenters. The van der Waals surface area contributed by atoms with Crippen molar-refractivity contribution in [2.75, 3.05) is 0 Å². The summed E-state index contributed by atoms with van der Waals surface area (Å²) < 4.78 is 41.1. The molecule has 0 aliphatic rings. The summed E-state index contributed by atoms with van der Waals surface area (Å²) in [6.45, 7) is 6.25. The number of hydrogen-bond acceptors (Lipinski definition) is 0. The van der Waals surface area contributed by atoms with Gasteiger partial charge in [-0.25, -0.2) is 0 Å². The van der Waals surface area contributed by atoms with Gasteiger partial charge in [0, 0.05) is 0 Å². The second kappa shape index (κ2) is 6.98. The average Bonchev–Trinajstić information content (AvgIpc) is 1.68. The molecule has 0 spiro atoms. The Kier molecular flexibility index (Phi) is 8.43. The zero-order chi connectivity index (χ0) is 7.86. The minimum absolute atomic E-state index is 2.25. The summed E-state index contributed by atoms with van der Waals surface area (Å²) in [5.74, 6) is 0. The molecule has 0 saturated carbocycles. The molecule has 0 aromatic rings. The summed E-state index contributed by atoms with van der Waals surface area (Å²) in [7, 11) is 0. The third-order valence-corrected chi connectivity index (χ3v) is 0.143. The lowest BCUT2D eigenvalue weighted by Gasteiger charge is -1.69. The minimum Gasteiger partial charge on any atom is -0.167 e. The van der Waals surface area contributed by atoms with Crippen molar-refractivity contribution >= 4 is 0 Å². The Bertz CT molecular complexity index is 112. The van der Waals surface area contributed by atoms with E-state index in [-0.39, 0.29) is 0 Å². The molecule has 4 heteroatoms. The van der Waals surface area contributed by atoms with E-state index in [0.29, 0.717) is 0 Å².